The van der Waals surface area contributed by atoms with E-state index >= 15 is 0 Å². The maximum absolute atomic E-state index is 10.6. The maximum Gasteiger partial charge on any atom is 0.143 e. The molecule has 0 aromatic heterocycles. The maximum atomic E-state index is 10.6. The highest BCUT2D eigenvalue weighted by atomic mass is 79.9. The summed E-state index contributed by atoms with van der Waals surface area (Å²) in [4.78, 5) is 10.6. The van der Waals surface area contributed by atoms with Crippen LogP contribution < -0.4 is 0 Å². The second-order valence-corrected chi connectivity index (χ2v) is 2.69. The second kappa shape index (κ2) is 6.27. The highest BCUT2D eigenvalue weighted by molar-refractivity contribution is 9.09. The van der Waals surface area contributed by atoms with Gasteiger partial charge in [-0.05, 0) is 6.42 Å². The zero-order valence-corrected chi connectivity index (χ0v) is 7.41. The summed E-state index contributed by atoms with van der Waals surface area (Å²) in [5, 5.41) is 0.525. The predicted octanol–water partition coefficient (Wildman–Crippen LogP) is 2.53. The number of carbonyl (C=O) groups excluding carboxylic acids is 1. The molecule has 0 aromatic carbocycles. The molecule has 0 aliphatic carbocycles. The fourth-order valence-corrected chi connectivity index (χ4v) is 0.919. The van der Waals surface area contributed by atoms with E-state index < -0.39 is 0 Å². The van der Waals surface area contributed by atoms with Gasteiger partial charge in [-0.1, -0.05) is 35.7 Å². The smallest absolute Gasteiger partial charge is 0.143 e. The van der Waals surface area contributed by atoms with Crippen LogP contribution in [0.4, 0.5) is 0 Å². The second-order valence-electron chi connectivity index (χ2n) is 2.13. The van der Waals surface area contributed by atoms with Crippen LogP contribution >= 0.6 is 15.9 Å². The van der Waals surface area contributed by atoms with Crippen molar-refractivity contribution in [2.45, 2.75) is 32.6 Å². The molecule has 0 aliphatic rings. The third-order valence-corrected chi connectivity index (χ3v) is 1.83. The first-order valence-corrected chi connectivity index (χ1v) is 4.51. The Morgan fingerprint density at radius 3 is 2.56 bits per heavy atom. The highest BCUT2D eigenvalue weighted by Crippen LogP contribution is 2.00. The number of ketones is 1. The van der Waals surface area contributed by atoms with Gasteiger partial charge in [-0.15, -0.1) is 0 Å². The van der Waals surface area contributed by atoms with Crippen molar-refractivity contribution in [2.75, 3.05) is 5.33 Å². The monoisotopic (exact) mass is 192 g/mol. The van der Waals surface area contributed by atoms with Crippen LogP contribution in [0.5, 0.6) is 0 Å². The third kappa shape index (κ3) is 6.03. The molecule has 54 valence electrons. The molecule has 9 heavy (non-hydrogen) atoms. The summed E-state index contributed by atoms with van der Waals surface area (Å²) in [6.45, 7) is 2.14. The summed E-state index contributed by atoms with van der Waals surface area (Å²) in [6.07, 6.45) is 4.17. The number of halogens is 1. The molecule has 0 rings (SSSR count). The molecule has 0 saturated heterocycles. The van der Waals surface area contributed by atoms with Gasteiger partial charge in [0.2, 0.25) is 0 Å². The van der Waals surface area contributed by atoms with Crippen LogP contribution in [-0.4, -0.2) is 11.1 Å². The van der Waals surface area contributed by atoms with Gasteiger partial charge in [0.05, 0.1) is 5.33 Å². The Hall–Kier alpha value is 0.150. The van der Waals surface area contributed by atoms with Gasteiger partial charge in [-0.2, -0.15) is 0 Å². The zero-order valence-electron chi connectivity index (χ0n) is 5.82. The first kappa shape index (κ1) is 9.15. The van der Waals surface area contributed by atoms with Crippen LogP contribution in [0.25, 0.3) is 0 Å². The molecule has 0 bridgehead atoms. The van der Waals surface area contributed by atoms with E-state index in [1.807, 2.05) is 0 Å². The average Bonchev–Trinajstić information content (AvgIpc) is 1.89. The van der Waals surface area contributed by atoms with Gasteiger partial charge in [-0.3, -0.25) is 4.79 Å². The molecule has 2 heteroatoms. The number of rotatable bonds is 5. The Balaban J connectivity index is 2.97. The van der Waals surface area contributed by atoms with Crippen LogP contribution in [0, 0.1) is 0 Å². The first-order valence-electron chi connectivity index (χ1n) is 3.39. The Kier molecular flexibility index (Phi) is 6.38. The lowest BCUT2D eigenvalue weighted by Gasteiger charge is -1.93. The average molecular weight is 193 g/mol. The molecular formula is C7H13BrO. The predicted molar refractivity (Wildman–Crippen MR) is 42.9 cm³/mol. The van der Waals surface area contributed by atoms with Gasteiger partial charge in [0.25, 0.3) is 0 Å². The Bertz CT molecular complexity index is 81.0. The van der Waals surface area contributed by atoms with E-state index in [2.05, 4.69) is 22.9 Å². The molecule has 1 nitrogen and oxygen atoms in total. The number of unbranched alkanes of at least 4 members (excludes halogenated alkanes) is 2. The van der Waals surface area contributed by atoms with Crippen LogP contribution in [0.2, 0.25) is 0 Å². The van der Waals surface area contributed by atoms with Gasteiger partial charge in [0.1, 0.15) is 5.78 Å². The van der Waals surface area contributed by atoms with Crippen molar-refractivity contribution in [1.82, 2.24) is 0 Å². The van der Waals surface area contributed by atoms with Crippen molar-refractivity contribution in [3.8, 4) is 0 Å². The van der Waals surface area contributed by atoms with Crippen molar-refractivity contribution >= 4 is 21.7 Å². The van der Waals surface area contributed by atoms with Crippen molar-refractivity contribution in [2.24, 2.45) is 0 Å². The largest absolute Gasteiger partial charge is 0.299 e. The van der Waals surface area contributed by atoms with Gasteiger partial charge in [0, 0.05) is 6.42 Å². The number of hydrogen-bond acceptors (Lipinski definition) is 1. The number of Topliss-reactive ketones (excluding diaryl/α,β-unsaturated/α-hetero) is 1. The van der Waals surface area contributed by atoms with Crippen molar-refractivity contribution in [1.29, 1.82) is 0 Å². The molecule has 0 heterocycles. The molecule has 0 aliphatic heterocycles. The Labute approximate surface area is 65.0 Å². The van der Waals surface area contributed by atoms with Crippen LogP contribution in [0.1, 0.15) is 32.6 Å². The molecule has 0 amide bonds. The Morgan fingerprint density at radius 1 is 1.44 bits per heavy atom. The summed E-state index contributed by atoms with van der Waals surface area (Å²) in [5.41, 5.74) is 0. The number of carbonyl (C=O) groups is 1. The minimum Gasteiger partial charge on any atom is -0.299 e. The normalized spacial score (nSPS) is 9.56. The minimum absolute atomic E-state index is 0.323. The molecule has 0 spiro atoms. The van der Waals surface area contributed by atoms with E-state index in [0.717, 1.165) is 12.8 Å². The summed E-state index contributed by atoms with van der Waals surface area (Å²) in [6, 6.07) is 0. The lowest BCUT2D eigenvalue weighted by Crippen LogP contribution is -1.97. The quantitative estimate of drug-likeness (QED) is 0.484. The van der Waals surface area contributed by atoms with E-state index in [4.69, 9.17) is 0 Å². The van der Waals surface area contributed by atoms with Crippen molar-refractivity contribution in [3.05, 3.63) is 0 Å². The minimum atomic E-state index is 0.323. The fourth-order valence-electron chi connectivity index (χ4n) is 0.639. The first-order chi connectivity index (χ1) is 4.31. The Morgan fingerprint density at radius 2 is 2.11 bits per heavy atom. The van der Waals surface area contributed by atoms with Gasteiger partial charge in [-0.25, -0.2) is 0 Å². The highest BCUT2D eigenvalue weighted by Gasteiger charge is 1.96. The molecule has 0 radical (unpaired) electrons. The molecule has 0 aromatic rings. The molecule has 0 N–H and O–H groups in total. The summed E-state index contributed by atoms with van der Waals surface area (Å²) in [5.74, 6) is 0.323. The van der Waals surface area contributed by atoms with E-state index in [-0.39, 0.29) is 0 Å². The number of alkyl halides is 1. The van der Waals surface area contributed by atoms with Gasteiger partial charge in [0.15, 0.2) is 0 Å². The van der Waals surface area contributed by atoms with Crippen LogP contribution in [0.3, 0.4) is 0 Å². The summed E-state index contributed by atoms with van der Waals surface area (Å²) < 4.78 is 0. The molecule has 0 atom stereocenters. The summed E-state index contributed by atoms with van der Waals surface area (Å²) in [7, 11) is 0. The van der Waals surface area contributed by atoms with E-state index in [1.165, 1.54) is 12.8 Å². The number of hydrogen-bond donors (Lipinski definition) is 0. The molecular weight excluding hydrogens is 180 g/mol. The molecule has 0 fully saturated rings. The standard InChI is InChI=1S/C7H13BrO/c1-2-3-4-5-7(9)6-8/h2-6H2,1H3. The zero-order chi connectivity index (χ0) is 7.11. The lowest BCUT2D eigenvalue weighted by atomic mass is 10.2. The van der Waals surface area contributed by atoms with Crippen molar-refractivity contribution < 1.29 is 4.79 Å². The summed E-state index contributed by atoms with van der Waals surface area (Å²) >= 11 is 3.12. The third-order valence-electron chi connectivity index (χ3n) is 1.21. The topological polar surface area (TPSA) is 17.1 Å². The van der Waals surface area contributed by atoms with E-state index in [1.54, 1.807) is 0 Å². The van der Waals surface area contributed by atoms with Gasteiger partial charge < -0.3 is 0 Å². The van der Waals surface area contributed by atoms with Crippen LogP contribution in [-0.2, 0) is 4.79 Å². The van der Waals surface area contributed by atoms with Gasteiger partial charge >= 0.3 is 0 Å². The van der Waals surface area contributed by atoms with Crippen LogP contribution in [0.15, 0.2) is 0 Å². The van der Waals surface area contributed by atoms with E-state index in [9.17, 15) is 4.79 Å². The molecule has 0 saturated carbocycles. The SMILES string of the molecule is CCCCCC(=O)CBr. The lowest BCUT2D eigenvalue weighted by molar-refractivity contribution is -0.116. The fraction of sp³-hybridized carbons (Fsp3) is 0.857. The van der Waals surface area contributed by atoms with E-state index in [0.29, 0.717) is 11.1 Å². The molecule has 0 unspecified atom stereocenters. The van der Waals surface area contributed by atoms with Crippen molar-refractivity contribution in [3.63, 3.8) is 0 Å².